The quantitative estimate of drug-likeness (QED) is 0.452. The molecule has 4 rings (SSSR count). The first-order valence-electron chi connectivity index (χ1n) is 7.90. The van der Waals surface area contributed by atoms with Crippen LogP contribution < -0.4 is 10.5 Å². The Morgan fingerprint density at radius 3 is 2.65 bits per heavy atom. The predicted molar refractivity (Wildman–Crippen MR) is 100 cm³/mol. The monoisotopic (exact) mass is 368 g/mol. The van der Waals surface area contributed by atoms with Crippen LogP contribution in [0.2, 0.25) is 5.02 Å². The number of hydrogen-bond acceptors (Lipinski definition) is 4. The molecule has 0 radical (unpaired) electrons. The average molecular weight is 369 g/mol. The van der Waals surface area contributed by atoms with Crippen LogP contribution in [0.15, 0.2) is 59.1 Å². The van der Waals surface area contributed by atoms with Gasteiger partial charge < -0.3 is 15.0 Å². The molecule has 0 bridgehead atoms. The van der Waals surface area contributed by atoms with Gasteiger partial charge in [0.1, 0.15) is 5.75 Å². The molecule has 0 spiro atoms. The molecule has 0 aliphatic heterocycles. The number of hydrogen-bond donors (Lipinski definition) is 1. The molecule has 6 heteroatoms. The lowest BCUT2D eigenvalue weighted by atomic mass is 10.0. The van der Waals surface area contributed by atoms with E-state index < -0.39 is 5.82 Å². The number of aromatic nitrogens is 1. The molecular formula is C20H14ClFN2O2. The molecule has 0 saturated carbocycles. The van der Waals surface area contributed by atoms with E-state index in [2.05, 4.69) is 5.16 Å². The van der Waals surface area contributed by atoms with Gasteiger partial charge >= 0.3 is 0 Å². The first-order valence-corrected chi connectivity index (χ1v) is 8.28. The molecule has 4 nitrogen and oxygen atoms in total. The predicted octanol–water partition coefficient (Wildman–Crippen LogP) is 5.97. The number of fused-ring (bicyclic) bond motifs is 1. The van der Waals surface area contributed by atoms with E-state index in [1.807, 2.05) is 25.1 Å². The Morgan fingerprint density at radius 2 is 1.85 bits per heavy atom. The molecule has 0 aliphatic carbocycles. The van der Waals surface area contributed by atoms with E-state index in [1.165, 1.54) is 12.1 Å². The summed E-state index contributed by atoms with van der Waals surface area (Å²) in [5.74, 6) is 0.0298. The number of halogens is 2. The Hall–Kier alpha value is -3.05. The van der Waals surface area contributed by atoms with Crippen molar-refractivity contribution in [1.29, 1.82) is 0 Å². The molecule has 1 heterocycles. The topological polar surface area (TPSA) is 61.3 Å². The summed E-state index contributed by atoms with van der Waals surface area (Å²) in [6.45, 7) is 1.87. The maximum Gasteiger partial charge on any atom is 0.167 e. The number of rotatable bonds is 3. The van der Waals surface area contributed by atoms with E-state index in [0.717, 1.165) is 22.2 Å². The summed E-state index contributed by atoms with van der Waals surface area (Å²) >= 11 is 5.80. The highest BCUT2D eigenvalue weighted by molar-refractivity contribution is 6.30. The van der Waals surface area contributed by atoms with E-state index in [9.17, 15) is 4.39 Å². The van der Waals surface area contributed by atoms with Crippen molar-refractivity contribution >= 4 is 28.3 Å². The molecule has 0 atom stereocenters. The van der Waals surface area contributed by atoms with E-state index in [1.54, 1.807) is 24.3 Å². The fourth-order valence-electron chi connectivity index (χ4n) is 2.77. The zero-order valence-electron chi connectivity index (χ0n) is 13.8. The third-order valence-corrected chi connectivity index (χ3v) is 4.31. The lowest BCUT2D eigenvalue weighted by Gasteiger charge is -2.13. The molecule has 130 valence electrons. The molecule has 3 aromatic carbocycles. The van der Waals surface area contributed by atoms with Crippen molar-refractivity contribution in [2.45, 2.75) is 6.92 Å². The Kier molecular flexibility index (Phi) is 4.01. The van der Waals surface area contributed by atoms with E-state index in [0.29, 0.717) is 22.0 Å². The summed E-state index contributed by atoms with van der Waals surface area (Å²) in [7, 11) is 0. The van der Waals surface area contributed by atoms with Crippen LogP contribution in [0.4, 0.5) is 10.1 Å². The van der Waals surface area contributed by atoms with Crippen molar-refractivity contribution in [3.8, 4) is 22.6 Å². The van der Waals surface area contributed by atoms with Crippen molar-refractivity contribution in [3.05, 3.63) is 71.1 Å². The van der Waals surface area contributed by atoms with Crippen molar-refractivity contribution in [2.24, 2.45) is 0 Å². The molecule has 0 fully saturated rings. The van der Waals surface area contributed by atoms with Crippen LogP contribution in [-0.2, 0) is 0 Å². The van der Waals surface area contributed by atoms with Crippen LogP contribution >= 0.6 is 11.6 Å². The molecular weight excluding hydrogens is 355 g/mol. The third kappa shape index (κ3) is 2.97. The minimum Gasteiger partial charge on any atom is -0.454 e. The second-order valence-corrected chi connectivity index (χ2v) is 6.35. The van der Waals surface area contributed by atoms with E-state index in [-0.39, 0.29) is 5.75 Å². The highest BCUT2D eigenvalue weighted by atomic mass is 35.5. The van der Waals surface area contributed by atoms with Crippen LogP contribution in [0.25, 0.3) is 22.1 Å². The van der Waals surface area contributed by atoms with E-state index >= 15 is 0 Å². The Bertz CT molecular complexity index is 1120. The van der Waals surface area contributed by atoms with Crippen molar-refractivity contribution in [1.82, 2.24) is 5.16 Å². The van der Waals surface area contributed by atoms with Gasteiger partial charge in [0.05, 0.1) is 5.69 Å². The second kappa shape index (κ2) is 6.35. The van der Waals surface area contributed by atoms with E-state index in [4.69, 9.17) is 26.6 Å². The summed E-state index contributed by atoms with van der Waals surface area (Å²) in [4.78, 5) is 0. The van der Waals surface area contributed by atoms with Crippen LogP contribution in [0.3, 0.4) is 0 Å². The second-order valence-electron chi connectivity index (χ2n) is 5.91. The average Bonchev–Trinajstić information content (AvgIpc) is 2.99. The van der Waals surface area contributed by atoms with Gasteiger partial charge in [-0.1, -0.05) is 22.8 Å². The smallest absolute Gasteiger partial charge is 0.167 e. The van der Waals surface area contributed by atoms with Crippen LogP contribution in [-0.4, -0.2) is 5.16 Å². The first-order chi connectivity index (χ1) is 12.5. The van der Waals surface area contributed by atoms with Gasteiger partial charge in [0, 0.05) is 21.7 Å². The minimum absolute atomic E-state index is 0.0858. The largest absolute Gasteiger partial charge is 0.454 e. The first kappa shape index (κ1) is 16.4. The zero-order valence-corrected chi connectivity index (χ0v) is 14.5. The standard InChI is InChI=1S/C20H14ClFN2O2/c1-11-15-8-12(2-5-19(15)26-24-11)16-10-14(23)4-7-18(16)25-20-6-3-13(21)9-17(20)22/h2-10H,23H2,1H3. The fourth-order valence-corrected chi connectivity index (χ4v) is 2.92. The number of ether oxygens (including phenoxy) is 1. The molecule has 4 aromatic rings. The lowest BCUT2D eigenvalue weighted by molar-refractivity contribution is 0.444. The molecule has 0 saturated heterocycles. The Labute approximate surface area is 153 Å². The number of nitrogen functional groups attached to an aromatic ring is 1. The lowest BCUT2D eigenvalue weighted by Crippen LogP contribution is -1.93. The minimum atomic E-state index is -0.536. The molecule has 1 aromatic heterocycles. The van der Waals surface area contributed by atoms with Gasteiger partial charge in [0.15, 0.2) is 17.1 Å². The van der Waals surface area contributed by atoms with Crippen LogP contribution in [0, 0.1) is 12.7 Å². The summed E-state index contributed by atoms with van der Waals surface area (Å²) in [6, 6.07) is 15.1. The molecule has 2 N–H and O–H groups in total. The van der Waals surface area contributed by atoms with Gasteiger partial charge in [0.25, 0.3) is 0 Å². The Morgan fingerprint density at radius 1 is 1.04 bits per heavy atom. The molecule has 0 amide bonds. The summed E-state index contributed by atoms with van der Waals surface area (Å²) in [6.07, 6.45) is 0. The SMILES string of the molecule is Cc1noc2ccc(-c3cc(N)ccc3Oc3ccc(Cl)cc3F)cc12. The van der Waals surface area contributed by atoms with Gasteiger partial charge in [-0.3, -0.25) is 0 Å². The maximum absolute atomic E-state index is 14.1. The van der Waals surface area contributed by atoms with Gasteiger partial charge in [-0.2, -0.15) is 0 Å². The number of anilines is 1. The summed E-state index contributed by atoms with van der Waals surface area (Å²) in [5, 5.41) is 5.17. The van der Waals surface area contributed by atoms with Crippen LogP contribution in [0.5, 0.6) is 11.5 Å². The van der Waals surface area contributed by atoms with Crippen LogP contribution in [0.1, 0.15) is 5.69 Å². The third-order valence-electron chi connectivity index (χ3n) is 4.08. The number of aryl methyl sites for hydroxylation is 1. The van der Waals surface area contributed by atoms with Gasteiger partial charge in [-0.15, -0.1) is 0 Å². The summed E-state index contributed by atoms with van der Waals surface area (Å²) in [5.41, 5.74) is 9.61. The van der Waals surface area contributed by atoms with Crippen molar-refractivity contribution in [3.63, 3.8) is 0 Å². The van der Waals surface area contributed by atoms with Gasteiger partial charge in [-0.05, 0) is 61.0 Å². The number of nitrogens with zero attached hydrogens (tertiary/aromatic N) is 1. The Balaban J connectivity index is 1.82. The van der Waals surface area contributed by atoms with Gasteiger partial charge in [0.2, 0.25) is 0 Å². The highest BCUT2D eigenvalue weighted by Crippen LogP contribution is 2.37. The number of benzene rings is 3. The normalized spacial score (nSPS) is 11.0. The van der Waals surface area contributed by atoms with Crippen molar-refractivity contribution in [2.75, 3.05) is 5.73 Å². The zero-order chi connectivity index (χ0) is 18.3. The van der Waals surface area contributed by atoms with Crippen molar-refractivity contribution < 1.29 is 13.7 Å². The fraction of sp³-hybridized carbons (Fsp3) is 0.0500. The molecule has 0 unspecified atom stereocenters. The molecule has 0 aliphatic rings. The maximum atomic E-state index is 14.1. The summed E-state index contributed by atoms with van der Waals surface area (Å²) < 4.78 is 25.2. The van der Waals surface area contributed by atoms with Gasteiger partial charge in [-0.25, -0.2) is 4.39 Å². The molecule has 26 heavy (non-hydrogen) atoms. The number of nitrogens with two attached hydrogens (primary N) is 1. The highest BCUT2D eigenvalue weighted by Gasteiger charge is 2.13.